The molecule has 0 aromatic heterocycles. The molecular weight excluding hydrogens is 350 g/mol. The fourth-order valence-corrected chi connectivity index (χ4v) is 2.64. The summed E-state index contributed by atoms with van der Waals surface area (Å²) in [6, 6.07) is 13.8. The van der Waals surface area contributed by atoms with Crippen molar-refractivity contribution >= 4 is 35.0 Å². The van der Waals surface area contributed by atoms with Gasteiger partial charge in [0.25, 0.3) is 0 Å². The van der Waals surface area contributed by atoms with Gasteiger partial charge in [0.15, 0.2) is 0 Å². The molecule has 0 aliphatic rings. The summed E-state index contributed by atoms with van der Waals surface area (Å²) in [5, 5.41) is 5.03. The van der Waals surface area contributed by atoms with Crippen LogP contribution >= 0.6 is 12.4 Å². The third-order valence-corrected chi connectivity index (χ3v) is 4.46. The number of carbonyl (C=O) groups is 2. The monoisotopic (exact) mass is 377 g/mol. The van der Waals surface area contributed by atoms with E-state index in [0.29, 0.717) is 6.54 Å². The van der Waals surface area contributed by atoms with Gasteiger partial charge in [0.1, 0.15) is 0 Å². The summed E-state index contributed by atoms with van der Waals surface area (Å²) in [6.45, 7) is 4.33. The summed E-state index contributed by atoms with van der Waals surface area (Å²) in [5.74, 6) is -0.366. The average Bonchev–Trinajstić information content (AvgIpc) is 2.62. The Bertz CT molecular complexity index is 743. The molecule has 142 valence electrons. The van der Waals surface area contributed by atoms with Crippen LogP contribution in [0.15, 0.2) is 42.5 Å². The Morgan fingerprint density at radius 2 is 1.77 bits per heavy atom. The topological polar surface area (TPSA) is 75.4 Å². The van der Waals surface area contributed by atoms with Crippen molar-refractivity contribution in [3.63, 3.8) is 0 Å². The molecule has 0 bridgehead atoms. The SMILES string of the molecule is CC(C)[C@H](N)C(=O)NCC(=O)N(C)CCc1cccc2ccccc12.Cl. The van der Waals surface area contributed by atoms with Gasteiger partial charge in [-0.05, 0) is 28.7 Å². The Labute approximate surface area is 161 Å². The molecule has 26 heavy (non-hydrogen) atoms. The Balaban J connectivity index is 0.00000338. The molecule has 0 heterocycles. The van der Waals surface area contributed by atoms with Crippen molar-refractivity contribution in [3.05, 3.63) is 48.0 Å². The standard InChI is InChI=1S/C20H27N3O2.ClH/c1-14(2)19(21)20(25)22-13-18(24)23(3)12-11-16-9-6-8-15-7-4-5-10-17(15)16;/h4-10,14,19H,11-13,21H2,1-3H3,(H,22,25);1H/t19-;/m0./s1. The van der Waals surface area contributed by atoms with Gasteiger partial charge >= 0.3 is 0 Å². The quantitative estimate of drug-likeness (QED) is 0.777. The number of nitrogens with two attached hydrogens (primary N) is 1. The second kappa shape index (κ2) is 10.1. The second-order valence-corrected chi connectivity index (χ2v) is 6.69. The fourth-order valence-electron chi connectivity index (χ4n) is 2.64. The van der Waals surface area contributed by atoms with Gasteiger partial charge in [0, 0.05) is 13.6 Å². The summed E-state index contributed by atoms with van der Waals surface area (Å²) in [6.07, 6.45) is 0.767. The van der Waals surface area contributed by atoms with Crippen LogP contribution in [0.1, 0.15) is 19.4 Å². The van der Waals surface area contributed by atoms with Crippen LogP contribution < -0.4 is 11.1 Å². The molecular formula is C20H28ClN3O2. The highest BCUT2D eigenvalue weighted by Gasteiger charge is 2.18. The molecule has 1 atom stereocenters. The lowest BCUT2D eigenvalue weighted by atomic mass is 10.0. The van der Waals surface area contributed by atoms with Crippen LogP contribution in [0.4, 0.5) is 0 Å². The number of amides is 2. The van der Waals surface area contributed by atoms with E-state index in [0.717, 1.165) is 6.42 Å². The van der Waals surface area contributed by atoms with Crippen molar-refractivity contribution in [1.82, 2.24) is 10.2 Å². The highest BCUT2D eigenvalue weighted by atomic mass is 35.5. The van der Waals surface area contributed by atoms with E-state index < -0.39 is 6.04 Å². The predicted molar refractivity (Wildman–Crippen MR) is 108 cm³/mol. The van der Waals surface area contributed by atoms with E-state index in [1.807, 2.05) is 32.0 Å². The van der Waals surface area contributed by atoms with Gasteiger partial charge < -0.3 is 16.0 Å². The molecule has 0 spiro atoms. The molecule has 0 unspecified atom stereocenters. The number of hydrogen-bond acceptors (Lipinski definition) is 3. The molecule has 0 saturated carbocycles. The number of halogens is 1. The fraction of sp³-hybridized carbons (Fsp3) is 0.400. The lowest BCUT2D eigenvalue weighted by Gasteiger charge is -2.20. The van der Waals surface area contributed by atoms with E-state index in [4.69, 9.17) is 5.73 Å². The summed E-state index contributed by atoms with van der Waals surface area (Å²) >= 11 is 0. The third kappa shape index (κ3) is 5.71. The van der Waals surface area contributed by atoms with Crippen LogP contribution in [0.3, 0.4) is 0 Å². The van der Waals surface area contributed by atoms with Gasteiger partial charge in [-0.15, -0.1) is 12.4 Å². The normalized spacial score (nSPS) is 11.7. The number of nitrogens with zero attached hydrogens (tertiary/aromatic N) is 1. The number of rotatable bonds is 7. The van der Waals surface area contributed by atoms with Crippen LogP contribution in [0, 0.1) is 5.92 Å². The summed E-state index contributed by atoms with van der Waals surface area (Å²) in [4.78, 5) is 25.7. The van der Waals surface area contributed by atoms with Gasteiger partial charge in [-0.25, -0.2) is 0 Å². The maximum atomic E-state index is 12.2. The zero-order valence-electron chi connectivity index (χ0n) is 15.6. The van der Waals surface area contributed by atoms with Crippen LogP contribution in [0.5, 0.6) is 0 Å². The van der Waals surface area contributed by atoms with Crippen LogP contribution in [-0.2, 0) is 16.0 Å². The summed E-state index contributed by atoms with van der Waals surface area (Å²) in [5.41, 5.74) is 6.98. The average molecular weight is 378 g/mol. The maximum Gasteiger partial charge on any atom is 0.241 e. The maximum absolute atomic E-state index is 12.2. The minimum atomic E-state index is -0.589. The molecule has 0 aliphatic heterocycles. The van der Waals surface area contributed by atoms with E-state index in [2.05, 4.69) is 29.6 Å². The molecule has 2 rings (SSSR count). The van der Waals surface area contributed by atoms with Crippen LogP contribution in [-0.4, -0.2) is 42.9 Å². The van der Waals surface area contributed by atoms with E-state index in [1.54, 1.807) is 11.9 Å². The van der Waals surface area contributed by atoms with Gasteiger partial charge in [0.05, 0.1) is 12.6 Å². The van der Waals surface area contributed by atoms with Gasteiger partial charge in [0.2, 0.25) is 11.8 Å². The molecule has 0 fully saturated rings. The zero-order chi connectivity index (χ0) is 18.4. The van der Waals surface area contributed by atoms with Crippen molar-refractivity contribution in [1.29, 1.82) is 0 Å². The van der Waals surface area contributed by atoms with Crippen molar-refractivity contribution < 1.29 is 9.59 Å². The summed E-state index contributed by atoms with van der Waals surface area (Å²) in [7, 11) is 1.75. The number of nitrogens with one attached hydrogen (secondary N) is 1. The molecule has 2 amide bonds. The van der Waals surface area contributed by atoms with Crippen molar-refractivity contribution in [2.45, 2.75) is 26.3 Å². The lowest BCUT2D eigenvalue weighted by molar-refractivity contribution is -0.132. The van der Waals surface area contributed by atoms with Crippen LogP contribution in [0.25, 0.3) is 10.8 Å². The molecule has 5 nitrogen and oxygen atoms in total. The minimum Gasteiger partial charge on any atom is -0.346 e. The molecule has 0 radical (unpaired) electrons. The number of benzene rings is 2. The van der Waals surface area contributed by atoms with E-state index >= 15 is 0 Å². The van der Waals surface area contributed by atoms with Crippen LogP contribution in [0.2, 0.25) is 0 Å². The molecule has 0 aliphatic carbocycles. The van der Waals surface area contributed by atoms with Gasteiger partial charge in [-0.2, -0.15) is 0 Å². The number of hydrogen-bond donors (Lipinski definition) is 2. The first kappa shape index (κ1) is 21.9. The minimum absolute atomic E-state index is 0. The smallest absolute Gasteiger partial charge is 0.241 e. The number of carbonyl (C=O) groups excluding carboxylic acids is 2. The highest BCUT2D eigenvalue weighted by molar-refractivity contribution is 5.88. The first-order valence-corrected chi connectivity index (χ1v) is 8.64. The van der Waals surface area contributed by atoms with Crippen molar-refractivity contribution in [3.8, 4) is 0 Å². The largest absolute Gasteiger partial charge is 0.346 e. The van der Waals surface area contributed by atoms with Crippen molar-refractivity contribution in [2.24, 2.45) is 11.7 Å². The van der Waals surface area contributed by atoms with E-state index in [9.17, 15) is 9.59 Å². The molecule has 6 heteroatoms. The first-order valence-electron chi connectivity index (χ1n) is 8.64. The lowest BCUT2D eigenvalue weighted by Crippen LogP contribution is -2.47. The molecule has 2 aromatic rings. The van der Waals surface area contributed by atoms with Crippen molar-refractivity contribution in [2.75, 3.05) is 20.1 Å². The van der Waals surface area contributed by atoms with E-state index in [1.165, 1.54) is 16.3 Å². The Kier molecular flexibility index (Phi) is 8.55. The van der Waals surface area contributed by atoms with Gasteiger partial charge in [-0.1, -0.05) is 56.3 Å². The third-order valence-electron chi connectivity index (χ3n) is 4.46. The Hall–Kier alpha value is -2.11. The molecule has 0 saturated heterocycles. The second-order valence-electron chi connectivity index (χ2n) is 6.69. The van der Waals surface area contributed by atoms with Gasteiger partial charge in [-0.3, -0.25) is 9.59 Å². The highest BCUT2D eigenvalue weighted by Crippen LogP contribution is 2.18. The number of likely N-dealkylation sites (N-methyl/N-ethyl adjacent to an activating group) is 1. The summed E-state index contributed by atoms with van der Waals surface area (Å²) < 4.78 is 0. The Morgan fingerprint density at radius 3 is 2.46 bits per heavy atom. The van der Waals surface area contributed by atoms with E-state index in [-0.39, 0.29) is 36.7 Å². The number of fused-ring (bicyclic) bond motifs is 1. The predicted octanol–water partition coefficient (Wildman–Crippen LogP) is 2.36. The molecule has 2 aromatic carbocycles. The zero-order valence-corrected chi connectivity index (χ0v) is 16.4. The molecule has 3 N–H and O–H groups in total. The Morgan fingerprint density at radius 1 is 1.12 bits per heavy atom. The first-order chi connectivity index (χ1) is 11.9.